The van der Waals surface area contributed by atoms with Crippen LogP contribution in [0.1, 0.15) is 0 Å². The Bertz CT molecular complexity index is 412. The van der Waals surface area contributed by atoms with E-state index in [1.54, 1.807) is 0 Å². The summed E-state index contributed by atoms with van der Waals surface area (Å²) in [5.74, 6) is 0. The molecule has 0 bridgehead atoms. The first-order valence-electron chi connectivity index (χ1n) is 12.8. The molecule has 0 fully saturated rings. The van der Waals surface area contributed by atoms with E-state index >= 15 is 0 Å². The van der Waals surface area contributed by atoms with Crippen molar-refractivity contribution in [3.8, 4) is 0 Å². The molecule has 0 aromatic carbocycles. The fraction of sp³-hybridized carbons (Fsp3) is 0.704. The van der Waals surface area contributed by atoms with Gasteiger partial charge in [0.1, 0.15) is 0 Å². The zero-order valence-corrected chi connectivity index (χ0v) is 68.3. The molecule has 0 aromatic heterocycles. The van der Waals surface area contributed by atoms with Crippen LogP contribution in [-0.4, -0.2) is 159 Å². The number of ether oxygens (including phenoxy) is 10. The topological polar surface area (TPSA) is 234 Å². The smallest absolute Gasteiger partial charge is 0.0976 e. The zero-order valence-electron chi connectivity index (χ0n) is 29.9. The first-order valence-corrected chi connectivity index (χ1v) is 12.8. The maximum Gasteiger partial charge on any atom is 0.0976 e. The summed E-state index contributed by atoms with van der Waals surface area (Å²) in [6, 6.07) is 0. The molecule has 0 radical (unpaired) electrons. The second kappa shape index (κ2) is 69.2. The molecule has 0 saturated carbocycles. The predicted molar refractivity (Wildman–Crippen MR) is 156 cm³/mol. The summed E-state index contributed by atoms with van der Waals surface area (Å²) in [7, 11) is 24.6. The second-order valence-electron chi connectivity index (χ2n) is 7.83. The summed E-state index contributed by atoms with van der Waals surface area (Å²) < 4.78 is 44.5. The van der Waals surface area contributed by atoms with E-state index in [1.165, 1.54) is 0 Å². The summed E-state index contributed by atoms with van der Waals surface area (Å²) in [6.07, 6.45) is -3.12. The van der Waals surface area contributed by atoms with Crippen LogP contribution in [0.5, 0.6) is 0 Å². The Morgan fingerprint density at radius 2 is 0.440 bits per heavy atom. The van der Waals surface area contributed by atoms with E-state index in [9.17, 15) is 0 Å². The molecule has 0 aliphatic carbocycles. The molecule has 0 aromatic rings. The Labute approximate surface area is 263 Å². The molecule has 50 heavy (non-hydrogen) atoms. The molecule has 2 unspecified atom stereocenters. The van der Waals surface area contributed by atoms with Crippen LogP contribution in [0.2, 0.25) is 0 Å². The van der Waals surface area contributed by atoms with Crippen LogP contribution >= 0.6 is 0 Å². The third-order valence-electron chi connectivity index (χ3n) is 3.57. The molecule has 286 valence electrons. The van der Waals surface area contributed by atoms with Crippen LogP contribution in [-0.2, 0) is 47.4 Å². The van der Waals surface area contributed by atoms with E-state index < -0.39 is 30.5 Å². The van der Waals surface area contributed by atoms with Crippen molar-refractivity contribution in [1.29, 1.82) is 0 Å². The van der Waals surface area contributed by atoms with Gasteiger partial charge in [-0.05, 0) is 0 Å². The molecular weight excluding hydrogens is 2200 g/mol. The van der Waals surface area contributed by atoms with Crippen LogP contribution < -0.4 is 0 Å². The monoisotopic (exact) mass is 2260 g/mol. The quantitative estimate of drug-likeness (QED) is 0.0419. The first kappa shape index (κ1) is 74.3. The third kappa shape index (κ3) is 90.0. The predicted octanol–water partition coefficient (Wildman–Crippen LogP) is -1.78. The standard InChI is InChI=1S/2C6H13O4.3C5H10O3.6Rf/c2*1-9-4-6(8)5-10-3-2-7;3*1-7-3-5(6)4-8-2;;;;;;/h2*6-8H,1-5H2;3*5-6H,1-4H2;;;;;;/q2*-1;3*-2;;;;;;. The Morgan fingerprint density at radius 3 is 0.560 bits per heavy atom. The molecular formula is C27H56O17Rf6-8. The number of hydrogen-bond donors (Lipinski definition) is 7. The fourth-order valence-electron chi connectivity index (χ4n) is 1.90. The minimum Gasteiger partial charge on any atom is -0.553 e. The van der Waals surface area contributed by atoms with Crippen molar-refractivity contribution in [2.75, 3.05) is 92.5 Å². The Morgan fingerprint density at radius 1 is 0.300 bits per heavy atom. The maximum atomic E-state index is 8.90. The minimum absolute atomic E-state index is 0. The normalized spacial score (nSPS) is 10.4. The van der Waals surface area contributed by atoms with E-state index in [-0.39, 0.29) is 92.5 Å². The van der Waals surface area contributed by atoms with Gasteiger partial charge < -0.3 is 83.1 Å². The van der Waals surface area contributed by atoms with Crippen molar-refractivity contribution in [3.05, 3.63) is 56.9 Å². The SMILES string of the molecule is [CH2-]OCC(O)COCCO.[CH2-]OCC(O)COCCO.[CH2-]OCC(O)CO[CH2-].[CH2-]OCC(O)CO[CH2-].[CH2-]OCC(O)CO[CH2-].[Rf].[Rf].[Rf].[Rf].[Rf].[Rf]. The van der Waals surface area contributed by atoms with E-state index in [0.717, 1.165) is 0 Å². The molecule has 0 amide bonds. The van der Waals surface area contributed by atoms with Gasteiger partial charge in [-0.1, -0.05) is 0 Å². The van der Waals surface area contributed by atoms with Gasteiger partial charge in [-0.2, -0.15) is 0 Å². The molecule has 7 N–H and O–H groups in total. The average molecular weight is 2250 g/mol. The Kier molecular flexibility index (Phi) is 103. The number of hydrogen-bond acceptors (Lipinski definition) is 17. The second-order valence-corrected chi connectivity index (χ2v) is 7.83. The van der Waals surface area contributed by atoms with Crippen molar-refractivity contribution >= 4 is 0 Å². The van der Waals surface area contributed by atoms with Crippen molar-refractivity contribution in [1.82, 2.24) is 0 Å². The van der Waals surface area contributed by atoms with Gasteiger partial charge in [0.25, 0.3) is 0 Å². The fourth-order valence-corrected chi connectivity index (χ4v) is 1.90. The summed E-state index contributed by atoms with van der Waals surface area (Å²) in [5, 5.41) is 60.5. The molecule has 0 rings (SSSR count). The number of aliphatic hydroxyl groups is 7. The minimum atomic E-state index is -0.649. The van der Waals surface area contributed by atoms with Gasteiger partial charge in [-0.15, -0.1) is 0 Å². The molecule has 0 saturated heterocycles. The summed E-state index contributed by atoms with van der Waals surface area (Å²) in [4.78, 5) is 0. The van der Waals surface area contributed by atoms with Gasteiger partial charge in [-0.25, -0.2) is 56.9 Å². The van der Waals surface area contributed by atoms with E-state index in [2.05, 4.69) is 94.8 Å². The van der Waals surface area contributed by atoms with Gasteiger partial charge in [-0.3, -0.25) is 0 Å². The summed E-state index contributed by atoms with van der Waals surface area (Å²) >= 11 is 0. The van der Waals surface area contributed by atoms with Gasteiger partial charge in [0.2, 0.25) is 0 Å². The Hall–Kier alpha value is -6.68. The molecule has 0 aliphatic heterocycles. The van der Waals surface area contributed by atoms with Crippen molar-refractivity contribution in [3.63, 3.8) is 0 Å². The van der Waals surface area contributed by atoms with Gasteiger partial charge in [0, 0.05) is 52.9 Å². The largest absolute Gasteiger partial charge is 0.553 e. The van der Waals surface area contributed by atoms with Crippen LogP contribution in [0.25, 0.3) is 0 Å². The summed E-state index contributed by atoms with van der Waals surface area (Å²) in [5.41, 5.74) is 0. The Balaban J connectivity index is -0.0000000412. The molecule has 0 heterocycles. The van der Waals surface area contributed by atoms with Crippen molar-refractivity contribution < 1.29 is 83.1 Å². The maximum absolute atomic E-state index is 8.90. The van der Waals surface area contributed by atoms with Crippen LogP contribution in [0.4, 0.5) is 0 Å². The molecule has 17 nitrogen and oxygen atoms in total. The first-order chi connectivity index (χ1) is 21.0. The van der Waals surface area contributed by atoms with E-state index in [1.807, 2.05) is 0 Å². The van der Waals surface area contributed by atoms with Crippen molar-refractivity contribution in [2.45, 2.75) is 30.5 Å². The van der Waals surface area contributed by atoms with E-state index in [4.69, 9.17) is 45.2 Å². The van der Waals surface area contributed by atoms with Gasteiger partial charge >= 0.3 is 0 Å². The third-order valence-corrected chi connectivity index (χ3v) is 3.57. The van der Waals surface area contributed by atoms with Crippen LogP contribution in [0, 0.1) is 56.9 Å². The van der Waals surface area contributed by atoms with Crippen molar-refractivity contribution in [2.24, 2.45) is 0 Å². The van der Waals surface area contributed by atoms with Crippen LogP contribution in [0.15, 0.2) is 0 Å². The molecule has 0 spiro atoms. The van der Waals surface area contributed by atoms with Gasteiger partial charge in [0.15, 0.2) is 0 Å². The molecule has 0 aliphatic rings. The number of rotatable bonds is 24. The summed E-state index contributed by atoms with van der Waals surface area (Å²) in [6.45, 7) is 2.24. The molecule has 23 heteroatoms. The zero-order chi connectivity index (χ0) is 34.9. The van der Waals surface area contributed by atoms with Crippen LogP contribution in [0.3, 0.4) is 0 Å². The van der Waals surface area contributed by atoms with Gasteiger partial charge in [0.05, 0.1) is 70.2 Å². The number of aliphatic hydroxyl groups excluding tert-OH is 7. The molecule has 2 atom stereocenters. The average Bonchev–Trinajstić information content (AvgIpc) is 2.96. The van der Waals surface area contributed by atoms with E-state index in [0.29, 0.717) is 0 Å².